The van der Waals surface area contributed by atoms with Crippen LogP contribution in [0.5, 0.6) is 0 Å². The molecule has 0 radical (unpaired) electrons. The molecule has 4 rings (SSSR count). The number of aromatic amines is 1. The van der Waals surface area contributed by atoms with Gasteiger partial charge in [0.25, 0.3) is 0 Å². The SMILES string of the molecule is O=C(CP(=O)(O)O)NCC(O)(c1ccc(Cl)cc1)c1ccc(-c2ccnc3[nH]ccc23)cc1. The lowest BCUT2D eigenvalue weighted by atomic mass is 9.85. The van der Waals surface area contributed by atoms with E-state index in [0.29, 0.717) is 16.1 Å². The molecule has 0 saturated heterocycles. The van der Waals surface area contributed by atoms with Crippen LogP contribution in [0.15, 0.2) is 73.1 Å². The number of nitrogens with one attached hydrogen (secondary N) is 2. The van der Waals surface area contributed by atoms with Crippen molar-refractivity contribution in [1.29, 1.82) is 0 Å². The van der Waals surface area contributed by atoms with E-state index in [1.807, 2.05) is 30.5 Å². The van der Waals surface area contributed by atoms with Gasteiger partial charge < -0.3 is 25.2 Å². The molecule has 2 aromatic heterocycles. The lowest BCUT2D eigenvalue weighted by Gasteiger charge is -2.30. The minimum absolute atomic E-state index is 0.288. The van der Waals surface area contributed by atoms with Crippen molar-refractivity contribution in [2.24, 2.45) is 0 Å². The van der Waals surface area contributed by atoms with Crippen LogP contribution in [0.2, 0.25) is 5.02 Å². The summed E-state index contributed by atoms with van der Waals surface area (Å²) < 4.78 is 11.1. The summed E-state index contributed by atoms with van der Waals surface area (Å²) in [7, 11) is -4.53. The lowest BCUT2D eigenvalue weighted by molar-refractivity contribution is -0.119. The number of hydrogen-bond donors (Lipinski definition) is 5. The van der Waals surface area contributed by atoms with Gasteiger partial charge in [-0.15, -0.1) is 0 Å². The summed E-state index contributed by atoms with van der Waals surface area (Å²) in [5, 5.41) is 15.5. The van der Waals surface area contributed by atoms with Crippen LogP contribution in [0, 0.1) is 0 Å². The smallest absolute Gasteiger partial charge is 0.334 e. The number of benzene rings is 2. The second kappa shape index (κ2) is 9.09. The first-order valence-corrected chi connectivity index (χ1v) is 12.2. The molecule has 0 aliphatic heterocycles. The summed E-state index contributed by atoms with van der Waals surface area (Å²) in [4.78, 5) is 37.5. The Morgan fingerprint density at radius 1 is 1.03 bits per heavy atom. The largest absolute Gasteiger partial charge is 0.379 e. The summed E-state index contributed by atoms with van der Waals surface area (Å²) in [5.74, 6) is -0.862. The molecule has 2 heterocycles. The van der Waals surface area contributed by atoms with Crippen molar-refractivity contribution in [2.75, 3.05) is 12.7 Å². The molecule has 33 heavy (non-hydrogen) atoms. The van der Waals surface area contributed by atoms with Crippen LogP contribution in [-0.4, -0.2) is 43.5 Å². The van der Waals surface area contributed by atoms with Crippen molar-refractivity contribution in [3.05, 3.63) is 89.2 Å². The molecule has 4 aromatic rings. The van der Waals surface area contributed by atoms with Gasteiger partial charge in [0.15, 0.2) is 0 Å². The highest BCUT2D eigenvalue weighted by atomic mass is 35.5. The number of fused-ring (bicyclic) bond motifs is 1. The van der Waals surface area contributed by atoms with E-state index in [2.05, 4.69) is 15.3 Å². The predicted molar refractivity (Wildman–Crippen MR) is 126 cm³/mol. The highest BCUT2D eigenvalue weighted by Crippen LogP contribution is 2.35. The summed E-state index contributed by atoms with van der Waals surface area (Å²) in [6, 6.07) is 17.6. The van der Waals surface area contributed by atoms with Gasteiger partial charge in [-0.1, -0.05) is 48.0 Å². The second-order valence-electron chi connectivity index (χ2n) is 7.64. The van der Waals surface area contributed by atoms with E-state index in [1.165, 1.54) is 0 Å². The topological polar surface area (TPSA) is 136 Å². The van der Waals surface area contributed by atoms with Crippen LogP contribution in [0.25, 0.3) is 22.2 Å². The fourth-order valence-corrected chi connectivity index (χ4v) is 4.32. The number of halogens is 1. The fourth-order valence-electron chi connectivity index (χ4n) is 3.70. The molecule has 0 saturated carbocycles. The molecule has 5 N–H and O–H groups in total. The Labute approximate surface area is 194 Å². The molecule has 8 nitrogen and oxygen atoms in total. The predicted octanol–water partition coefficient (Wildman–Crippen LogP) is 3.41. The van der Waals surface area contributed by atoms with Gasteiger partial charge in [-0.3, -0.25) is 9.36 Å². The third kappa shape index (κ3) is 5.16. The maximum absolute atomic E-state index is 12.0. The number of aliphatic hydroxyl groups is 1. The number of carbonyl (C=O) groups is 1. The summed E-state index contributed by atoms with van der Waals surface area (Å²) in [6.45, 7) is -0.288. The van der Waals surface area contributed by atoms with Crippen LogP contribution in [0.4, 0.5) is 0 Å². The number of pyridine rings is 1. The van der Waals surface area contributed by atoms with Crippen LogP contribution < -0.4 is 5.32 Å². The first-order valence-electron chi connectivity index (χ1n) is 9.98. The van der Waals surface area contributed by atoms with E-state index in [4.69, 9.17) is 21.4 Å². The highest BCUT2D eigenvalue weighted by Gasteiger charge is 2.33. The molecule has 0 fully saturated rings. The lowest BCUT2D eigenvalue weighted by Crippen LogP contribution is -2.42. The number of aromatic nitrogens is 2. The van der Waals surface area contributed by atoms with Gasteiger partial charge >= 0.3 is 7.60 Å². The van der Waals surface area contributed by atoms with E-state index < -0.39 is 25.3 Å². The summed E-state index contributed by atoms with van der Waals surface area (Å²) >= 11 is 5.99. The minimum Gasteiger partial charge on any atom is -0.379 e. The molecule has 0 aliphatic rings. The first-order chi connectivity index (χ1) is 15.7. The van der Waals surface area contributed by atoms with Crippen molar-refractivity contribution in [3.8, 4) is 11.1 Å². The zero-order valence-electron chi connectivity index (χ0n) is 17.3. The molecule has 0 aliphatic carbocycles. The van der Waals surface area contributed by atoms with Gasteiger partial charge in [-0.2, -0.15) is 0 Å². The molecule has 170 valence electrons. The number of hydrogen-bond acceptors (Lipinski definition) is 4. The fraction of sp³-hybridized carbons (Fsp3) is 0.130. The number of H-pyrrole nitrogens is 1. The van der Waals surface area contributed by atoms with Crippen LogP contribution in [0.1, 0.15) is 11.1 Å². The van der Waals surface area contributed by atoms with Crippen molar-refractivity contribution in [2.45, 2.75) is 5.60 Å². The maximum atomic E-state index is 12.0. The number of carbonyl (C=O) groups excluding carboxylic acids is 1. The van der Waals surface area contributed by atoms with Crippen molar-refractivity contribution in [1.82, 2.24) is 15.3 Å². The number of amides is 1. The molecular weight excluding hydrogens is 465 g/mol. The van der Waals surface area contributed by atoms with Gasteiger partial charge in [-0.25, -0.2) is 4.98 Å². The Morgan fingerprint density at radius 2 is 1.67 bits per heavy atom. The minimum atomic E-state index is -4.53. The van der Waals surface area contributed by atoms with E-state index in [0.717, 1.165) is 22.2 Å². The van der Waals surface area contributed by atoms with Crippen LogP contribution in [-0.2, 0) is 15.0 Å². The molecule has 1 amide bonds. The highest BCUT2D eigenvalue weighted by molar-refractivity contribution is 7.52. The van der Waals surface area contributed by atoms with Crippen LogP contribution >= 0.6 is 19.2 Å². The Balaban J connectivity index is 1.68. The third-order valence-corrected chi connectivity index (χ3v) is 6.30. The first kappa shape index (κ1) is 23.2. The number of nitrogens with zero attached hydrogens (tertiary/aromatic N) is 1. The number of rotatable bonds is 7. The van der Waals surface area contributed by atoms with E-state index in [1.54, 1.807) is 42.6 Å². The molecule has 0 spiro atoms. The monoisotopic (exact) mass is 485 g/mol. The Morgan fingerprint density at radius 3 is 2.30 bits per heavy atom. The molecule has 2 aromatic carbocycles. The van der Waals surface area contributed by atoms with Gasteiger partial charge in [0.1, 0.15) is 17.4 Å². The average Bonchev–Trinajstić information content (AvgIpc) is 3.26. The van der Waals surface area contributed by atoms with E-state index >= 15 is 0 Å². The average molecular weight is 486 g/mol. The van der Waals surface area contributed by atoms with Crippen molar-refractivity contribution >= 4 is 36.1 Å². The third-order valence-electron chi connectivity index (χ3n) is 5.35. The Hall–Kier alpha value is -3.00. The zero-order valence-corrected chi connectivity index (χ0v) is 18.9. The van der Waals surface area contributed by atoms with Crippen molar-refractivity contribution in [3.63, 3.8) is 0 Å². The van der Waals surface area contributed by atoms with Gasteiger partial charge in [-0.05, 0) is 46.5 Å². The van der Waals surface area contributed by atoms with Crippen molar-refractivity contribution < 1.29 is 24.3 Å². The summed E-state index contributed by atoms with van der Waals surface area (Å²) in [6.07, 6.45) is 2.56. The van der Waals surface area contributed by atoms with Gasteiger partial charge in [0.2, 0.25) is 5.91 Å². The summed E-state index contributed by atoms with van der Waals surface area (Å²) in [5.41, 5.74) is 1.95. The standard InChI is InChI=1S/C23H21ClN3O5P/c24-18-7-5-17(6-8-18)23(29,14-27-21(28)13-33(30,31)32)16-3-1-15(2-4-16)19-9-11-25-22-20(19)10-12-26-22/h1-12,29H,13-14H2,(H,25,26)(H,27,28)(H2,30,31,32). The molecular formula is C23H21ClN3O5P. The maximum Gasteiger partial charge on any atom is 0.334 e. The molecule has 0 bridgehead atoms. The van der Waals surface area contributed by atoms with E-state index in [-0.39, 0.29) is 6.54 Å². The zero-order chi connectivity index (χ0) is 23.6. The Bertz CT molecular complexity index is 1330. The Kier molecular flexibility index (Phi) is 6.38. The van der Waals surface area contributed by atoms with Gasteiger partial charge in [0, 0.05) is 22.8 Å². The molecule has 1 atom stereocenters. The van der Waals surface area contributed by atoms with E-state index in [9.17, 15) is 14.5 Å². The quantitative estimate of drug-likeness (QED) is 0.254. The molecule has 1 unspecified atom stereocenters. The van der Waals surface area contributed by atoms with Gasteiger partial charge in [0.05, 0.1) is 6.54 Å². The normalized spacial score (nSPS) is 13.6. The molecule has 10 heteroatoms. The second-order valence-corrected chi connectivity index (χ2v) is 9.72. The van der Waals surface area contributed by atoms with Crippen LogP contribution in [0.3, 0.4) is 0 Å².